The lowest BCUT2D eigenvalue weighted by atomic mass is 9.93. The molecule has 1 saturated carbocycles. The SMILES string of the molecule is CC1(C)C[C@]1(C(=O)NCc1ccc(N2CCCC2=O)cc1)c1cccs1. The number of amides is 2. The number of benzene rings is 1. The van der Waals surface area contributed by atoms with Crippen molar-refractivity contribution in [1.29, 1.82) is 0 Å². The highest BCUT2D eigenvalue weighted by Gasteiger charge is 2.67. The van der Waals surface area contributed by atoms with Gasteiger partial charge in [-0.15, -0.1) is 11.3 Å². The van der Waals surface area contributed by atoms with Gasteiger partial charge in [-0.2, -0.15) is 0 Å². The van der Waals surface area contributed by atoms with E-state index in [0.717, 1.165) is 35.5 Å². The highest BCUT2D eigenvalue weighted by molar-refractivity contribution is 7.10. The maximum Gasteiger partial charge on any atom is 0.232 e. The molecule has 1 atom stereocenters. The molecular weight excluding hydrogens is 344 g/mol. The highest BCUT2D eigenvalue weighted by Crippen LogP contribution is 2.65. The Morgan fingerprint density at radius 1 is 1.23 bits per heavy atom. The van der Waals surface area contributed by atoms with E-state index in [1.165, 1.54) is 0 Å². The van der Waals surface area contributed by atoms with Crippen LogP contribution in [0.1, 0.15) is 43.6 Å². The minimum atomic E-state index is -0.386. The smallest absolute Gasteiger partial charge is 0.232 e. The third-order valence-corrected chi connectivity index (χ3v) is 6.87. The first kappa shape index (κ1) is 17.3. The Kier molecular flexibility index (Phi) is 4.14. The van der Waals surface area contributed by atoms with E-state index in [-0.39, 0.29) is 22.6 Å². The molecule has 1 aliphatic carbocycles. The number of carbonyl (C=O) groups is 2. The fourth-order valence-electron chi connectivity index (χ4n) is 4.11. The van der Waals surface area contributed by atoms with Crippen molar-refractivity contribution < 1.29 is 9.59 Å². The molecule has 1 N–H and O–H groups in total. The van der Waals surface area contributed by atoms with Crippen LogP contribution < -0.4 is 10.2 Å². The fraction of sp³-hybridized carbons (Fsp3) is 0.429. The van der Waals surface area contributed by atoms with Crippen molar-refractivity contribution in [3.8, 4) is 0 Å². The number of rotatable bonds is 5. The van der Waals surface area contributed by atoms with Crippen LogP contribution in [0.4, 0.5) is 5.69 Å². The maximum absolute atomic E-state index is 13.0. The van der Waals surface area contributed by atoms with E-state index < -0.39 is 0 Å². The van der Waals surface area contributed by atoms with Gasteiger partial charge in [0.25, 0.3) is 0 Å². The molecule has 2 heterocycles. The predicted molar refractivity (Wildman–Crippen MR) is 104 cm³/mol. The molecule has 1 aromatic heterocycles. The molecule has 0 bridgehead atoms. The van der Waals surface area contributed by atoms with Crippen molar-refractivity contribution in [1.82, 2.24) is 5.32 Å². The molecule has 5 heteroatoms. The summed E-state index contributed by atoms with van der Waals surface area (Å²) >= 11 is 1.66. The van der Waals surface area contributed by atoms with Gasteiger partial charge in [0, 0.05) is 30.1 Å². The minimum absolute atomic E-state index is 0.00189. The second-order valence-corrected chi connectivity index (χ2v) is 8.89. The van der Waals surface area contributed by atoms with Crippen LogP contribution in [0.3, 0.4) is 0 Å². The van der Waals surface area contributed by atoms with Crippen LogP contribution in [-0.4, -0.2) is 18.4 Å². The Balaban J connectivity index is 1.42. The fourth-order valence-corrected chi connectivity index (χ4v) is 5.21. The molecule has 4 rings (SSSR count). The number of hydrogen-bond acceptors (Lipinski definition) is 3. The lowest BCUT2D eigenvalue weighted by Crippen LogP contribution is -2.36. The largest absolute Gasteiger partial charge is 0.351 e. The molecule has 136 valence electrons. The standard InChI is InChI=1S/C21H24N2O2S/c1-20(2)14-21(20,17-5-4-12-26-17)19(25)22-13-15-7-9-16(10-8-15)23-11-3-6-18(23)24/h4-5,7-10,12H,3,6,11,13-14H2,1-2H3,(H,22,25)/t21-/m1/s1. The van der Waals surface area contributed by atoms with Crippen molar-refractivity contribution in [2.45, 2.75) is 45.1 Å². The summed E-state index contributed by atoms with van der Waals surface area (Å²) in [4.78, 5) is 27.8. The molecule has 1 saturated heterocycles. The van der Waals surface area contributed by atoms with Crippen LogP contribution in [0.2, 0.25) is 0 Å². The molecule has 2 aliphatic rings. The highest BCUT2D eigenvalue weighted by atomic mass is 32.1. The van der Waals surface area contributed by atoms with Gasteiger partial charge in [-0.1, -0.05) is 32.0 Å². The van der Waals surface area contributed by atoms with Crippen LogP contribution >= 0.6 is 11.3 Å². The van der Waals surface area contributed by atoms with E-state index in [1.54, 1.807) is 11.3 Å². The molecule has 26 heavy (non-hydrogen) atoms. The first-order chi connectivity index (χ1) is 12.4. The number of thiophene rings is 1. The number of nitrogens with zero attached hydrogens (tertiary/aromatic N) is 1. The summed E-state index contributed by atoms with van der Waals surface area (Å²) in [7, 11) is 0. The summed E-state index contributed by atoms with van der Waals surface area (Å²) in [5.74, 6) is 0.309. The Labute approximate surface area is 158 Å². The second-order valence-electron chi connectivity index (χ2n) is 7.94. The summed E-state index contributed by atoms with van der Waals surface area (Å²) in [6.07, 6.45) is 2.46. The average Bonchev–Trinajstić information content (AvgIpc) is 3.05. The monoisotopic (exact) mass is 368 g/mol. The van der Waals surface area contributed by atoms with Crippen LogP contribution in [0.15, 0.2) is 41.8 Å². The van der Waals surface area contributed by atoms with Crippen molar-refractivity contribution in [2.24, 2.45) is 5.41 Å². The normalized spacial score (nSPS) is 23.9. The molecule has 2 amide bonds. The summed E-state index contributed by atoms with van der Waals surface area (Å²) in [6.45, 7) is 5.63. The molecule has 0 spiro atoms. The van der Waals surface area contributed by atoms with Crippen molar-refractivity contribution in [3.05, 3.63) is 52.2 Å². The zero-order valence-electron chi connectivity index (χ0n) is 15.2. The third-order valence-electron chi connectivity index (χ3n) is 5.84. The zero-order valence-corrected chi connectivity index (χ0v) is 16.1. The van der Waals surface area contributed by atoms with E-state index >= 15 is 0 Å². The number of hydrogen-bond donors (Lipinski definition) is 1. The second kappa shape index (κ2) is 6.23. The molecule has 2 fully saturated rings. The van der Waals surface area contributed by atoms with Crippen molar-refractivity contribution in [3.63, 3.8) is 0 Å². The van der Waals surface area contributed by atoms with Gasteiger partial charge in [-0.05, 0) is 47.4 Å². The van der Waals surface area contributed by atoms with Crippen LogP contribution in [0, 0.1) is 5.41 Å². The topological polar surface area (TPSA) is 49.4 Å². The van der Waals surface area contributed by atoms with Gasteiger partial charge in [0.15, 0.2) is 0 Å². The van der Waals surface area contributed by atoms with Crippen LogP contribution in [0.25, 0.3) is 0 Å². The quantitative estimate of drug-likeness (QED) is 0.871. The van der Waals surface area contributed by atoms with E-state index in [0.29, 0.717) is 13.0 Å². The first-order valence-corrected chi connectivity index (χ1v) is 10.0. The summed E-state index contributed by atoms with van der Waals surface area (Å²) in [5, 5.41) is 5.17. The Morgan fingerprint density at radius 2 is 1.96 bits per heavy atom. The Hall–Kier alpha value is -2.14. The van der Waals surface area contributed by atoms with Gasteiger partial charge >= 0.3 is 0 Å². The lowest BCUT2D eigenvalue weighted by molar-refractivity contribution is -0.124. The van der Waals surface area contributed by atoms with Gasteiger partial charge < -0.3 is 10.2 Å². The zero-order chi connectivity index (χ0) is 18.4. The average molecular weight is 369 g/mol. The van der Waals surface area contributed by atoms with Gasteiger partial charge in [-0.3, -0.25) is 9.59 Å². The molecular formula is C21H24N2O2S. The molecule has 2 aromatic rings. The Bertz CT molecular complexity index is 826. The van der Waals surface area contributed by atoms with E-state index in [4.69, 9.17) is 0 Å². The van der Waals surface area contributed by atoms with Crippen molar-refractivity contribution >= 4 is 28.8 Å². The summed E-state index contributed by atoms with van der Waals surface area (Å²) in [6, 6.07) is 12.0. The first-order valence-electron chi connectivity index (χ1n) is 9.16. The molecule has 0 radical (unpaired) electrons. The number of nitrogens with one attached hydrogen (secondary N) is 1. The van der Waals surface area contributed by atoms with Crippen molar-refractivity contribution in [2.75, 3.05) is 11.4 Å². The summed E-state index contributed by atoms with van der Waals surface area (Å²) in [5.41, 5.74) is 1.61. The van der Waals surface area contributed by atoms with E-state index in [2.05, 4.69) is 25.2 Å². The molecule has 0 unspecified atom stereocenters. The van der Waals surface area contributed by atoms with E-state index in [1.807, 2.05) is 40.6 Å². The van der Waals surface area contributed by atoms with Gasteiger partial charge in [-0.25, -0.2) is 0 Å². The van der Waals surface area contributed by atoms with Crippen LogP contribution in [0.5, 0.6) is 0 Å². The van der Waals surface area contributed by atoms with Gasteiger partial charge in [0.2, 0.25) is 11.8 Å². The number of carbonyl (C=O) groups excluding carboxylic acids is 2. The molecule has 1 aliphatic heterocycles. The van der Waals surface area contributed by atoms with E-state index in [9.17, 15) is 9.59 Å². The predicted octanol–water partition coefficient (Wildman–Crippen LogP) is 3.86. The molecule has 4 nitrogen and oxygen atoms in total. The molecule has 1 aromatic carbocycles. The maximum atomic E-state index is 13.0. The van der Waals surface area contributed by atoms with Gasteiger partial charge in [0.1, 0.15) is 0 Å². The summed E-state index contributed by atoms with van der Waals surface area (Å²) < 4.78 is 0. The van der Waals surface area contributed by atoms with Crippen LogP contribution in [-0.2, 0) is 21.5 Å². The number of anilines is 1. The lowest BCUT2D eigenvalue weighted by Gasteiger charge is -2.19. The minimum Gasteiger partial charge on any atom is -0.351 e. The third kappa shape index (κ3) is 2.75. The van der Waals surface area contributed by atoms with Gasteiger partial charge in [0.05, 0.1) is 5.41 Å². The Morgan fingerprint density at radius 3 is 2.50 bits per heavy atom.